The Morgan fingerprint density at radius 2 is 0.854 bits per heavy atom. The summed E-state index contributed by atoms with van der Waals surface area (Å²) in [6.45, 7) is -3.68. The maximum absolute atomic E-state index is 13.2. The van der Waals surface area contributed by atoms with E-state index in [1.54, 1.807) is 0 Å². The van der Waals surface area contributed by atoms with Crippen molar-refractivity contribution in [1.82, 2.24) is 16.0 Å². The Labute approximate surface area is 582 Å². The molecule has 3 amide bonds. The van der Waals surface area contributed by atoms with E-state index in [2.05, 4.69) is 16.0 Å². The zero-order chi connectivity index (χ0) is 76.3. The van der Waals surface area contributed by atoms with Crippen molar-refractivity contribution in [2.45, 2.75) is 285 Å². The number of aliphatic carboxylic acids is 1. The van der Waals surface area contributed by atoms with Gasteiger partial charge in [0.15, 0.2) is 44.0 Å². The number of rotatable bonds is 27. The minimum absolute atomic E-state index is 0.818. The normalized spacial score (nSPS) is 48.3. The summed E-state index contributed by atoms with van der Waals surface area (Å²) < 4.78 is 87.2. The van der Waals surface area contributed by atoms with Crippen LogP contribution in [0.3, 0.4) is 0 Å². The number of carboxylic acids is 1. The lowest BCUT2D eigenvalue weighted by molar-refractivity contribution is -0.391. The number of nitrogens with one attached hydrogen (secondary N) is 3. The van der Waals surface area contributed by atoms with E-state index in [4.69, 9.17) is 71.1 Å². The van der Waals surface area contributed by atoms with E-state index in [0.29, 0.717) is 0 Å². The topological polar surface area (TPSA) is 728 Å². The van der Waals surface area contributed by atoms with Crippen LogP contribution in [0.2, 0.25) is 0 Å². The Morgan fingerprint density at radius 3 is 1.43 bits per heavy atom. The van der Waals surface area contributed by atoms with Crippen LogP contribution in [0.5, 0.6) is 0 Å². The number of carboxylic acid groups (broad SMARTS) is 1. The lowest BCUT2D eigenvalue weighted by Gasteiger charge is -2.51. The molecular formula is C57H95N3O43. The van der Waals surface area contributed by atoms with Crippen LogP contribution in [0.1, 0.15) is 34.1 Å². The van der Waals surface area contributed by atoms with Gasteiger partial charge in [0.25, 0.3) is 5.79 Å². The van der Waals surface area contributed by atoms with Crippen molar-refractivity contribution in [3.05, 3.63) is 0 Å². The zero-order valence-electron chi connectivity index (χ0n) is 55.2. The van der Waals surface area contributed by atoms with Gasteiger partial charge in [0.05, 0.1) is 64.5 Å². The molecule has 0 radical (unpaired) electrons. The average molecular weight is 1510 g/mol. The van der Waals surface area contributed by atoms with E-state index < -0.39 is 327 Å². The van der Waals surface area contributed by atoms with Gasteiger partial charge in [-0.2, -0.15) is 0 Å². The van der Waals surface area contributed by atoms with E-state index in [9.17, 15) is 142 Å². The smallest absolute Gasteiger partial charge is 0.364 e. The standard InChI is InChI=1S/C57H95N3O43/c1-13-28(71)35(78)40(83)52(91-13)102-48-37(80)30(73)19(7-62)94-55(48)100-45-27(60-16(4)68)51(93-20(8-63)32(45)75)101-47-33(76)23(96-54(42(47)85)99-44-21(9-64)92-49(86)39(82)38(44)81)11-89-50-26(59-15(3)67)34(77)43(22(10-65)95-50)98-53-41(84)36(79)31(74)24(97-53)12-90-57(56(87)88)5-17(69)25(58-14(2)66)46(103-57)29(72)18(70)6-61/h13,17-55,61-65,69-86H,5-12H2,1-4H3,(H,58,66)(H,59,67)(H,60,68)(H,87,88)/t13-,17-,18+,19+,20+,21+,22+,23+,24+,25+,26+,27+,28+,29+,30-,31-,32+,33-,34+,35+,36-,37-,38+,39+,40-,41+,42+,43+,44+,45+,46+,47-,48+,49+,50+,51-,52-,53-,54-,55-,57-/m0/s1. The summed E-state index contributed by atoms with van der Waals surface area (Å²) in [7, 11) is 0. The number of aliphatic hydroxyl groups is 23. The van der Waals surface area contributed by atoms with Crippen molar-refractivity contribution < 1.29 is 213 Å². The summed E-state index contributed by atoms with van der Waals surface area (Å²) in [4.78, 5) is 51.0. The number of hydrogen-bond donors (Lipinski definition) is 27. The summed E-state index contributed by atoms with van der Waals surface area (Å²) >= 11 is 0. The number of aliphatic hydroxyl groups excluding tert-OH is 23. The quantitative estimate of drug-likeness (QED) is 0.0363. The van der Waals surface area contributed by atoms with Gasteiger partial charge in [0.2, 0.25) is 17.7 Å². The number of amides is 3. The van der Waals surface area contributed by atoms with Gasteiger partial charge in [-0.05, 0) is 6.92 Å². The second kappa shape index (κ2) is 36.3. The fraction of sp³-hybridized carbons (Fsp3) is 0.930. The van der Waals surface area contributed by atoms with Crippen LogP contribution in [-0.2, 0) is 90.2 Å². The van der Waals surface area contributed by atoms with Crippen molar-refractivity contribution in [3.8, 4) is 0 Å². The molecule has 8 saturated heterocycles. The van der Waals surface area contributed by atoms with Gasteiger partial charge in [-0.15, -0.1) is 0 Å². The van der Waals surface area contributed by atoms with Gasteiger partial charge in [0.1, 0.15) is 183 Å². The van der Waals surface area contributed by atoms with Gasteiger partial charge in [-0.1, -0.05) is 0 Å². The summed E-state index contributed by atoms with van der Waals surface area (Å²) in [5.74, 6) is -7.78. The number of carbonyl (C=O) groups excluding carboxylic acids is 3. The largest absolute Gasteiger partial charge is 0.477 e. The molecule has 27 N–H and O–H groups in total. The molecule has 41 atom stereocenters. The fourth-order valence-electron chi connectivity index (χ4n) is 13.1. The van der Waals surface area contributed by atoms with Crippen molar-refractivity contribution in [3.63, 3.8) is 0 Å². The molecule has 46 heteroatoms. The summed E-state index contributed by atoms with van der Waals surface area (Å²) in [5, 5.41) is 269. The van der Waals surface area contributed by atoms with E-state index >= 15 is 0 Å². The molecule has 103 heavy (non-hydrogen) atoms. The van der Waals surface area contributed by atoms with Crippen LogP contribution in [0.4, 0.5) is 0 Å². The SMILES string of the molecule is CC(=O)N[C@H]1[C@H](OC[C@H]2O[C@@H](O[C@H]3[C@H](O)[C@@H](O)[C@H](O)O[C@@H]3CO)[C@H](O)[C@@H](O[C@@H]3O[C@H](CO)[C@@H](O)[C@H](O[C@@H]4O[C@H](CO)[C@H](O)[C@H](O)[C@H]4O[C@@H]4O[C@@H](C)[C@@H](O)[C@@H](O)[C@@H]4O)[C@H]3NC(C)=O)[C@H]2O)O[C@H](CO)[C@@H](O[C@@H]2O[C@H](CO[C@@]3(C(=O)O)C[C@H](O)[C@@H](NC(C)=O)[C@H]([C@H](O)[C@H](O)CO)O3)[C@H](O)[C@H](O)[C@H]2O)[C@@H]1O. The molecule has 0 bridgehead atoms. The summed E-state index contributed by atoms with van der Waals surface area (Å²) in [6, 6.07) is -5.50. The van der Waals surface area contributed by atoms with Gasteiger partial charge >= 0.3 is 5.97 Å². The van der Waals surface area contributed by atoms with E-state index in [0.717, 1.165) is 20.8 Å². The highest BCUT2D eigenvalue weighted by Crippen LogP contribution is 2.40. The lowest BCUT2D eigenvalue weighted by Crippen LogP contribution is -2.70. The van der Waals surface area contributed by atoms with Gasteiger partial charge in [-0.3, -0.25) is 14.4 Å². The van der Waals surface area contributed by atoms with Crippen molar-refractivity contribution >= 4 is 23.7 Å². The second-order valence-electron chi connectivity index (χ2n) is 26.1. The molecule has 0 aromatic carbocycles. The molecule has 0 saturated carbocycles. The average Bonchev–Trinajstić information content (AvgIpc) is 0.772. The van der Waals surface area contributed by atoms with Crippen LogP contribution >= 0.6 is 0 Å². The molecule has 0 aliphatic carbocycles. The first-order chi connectivity index (χ1) is 48.5. The molecule has 596 valence electrons. The predicted molar refractivity (Wildman–Crippen MR) is 315 cm³/mol. The minimum atomic E-state index is -3.04. The van der Waals surface area contributed by atoms with Crippen LogP contribution in [0.25, 0.3) is 0 Å². The van der Waals surface area contributed by atoms with Gasteiger partial charge in [0, 0.05) is 27.2 Å². The van der Waals surface area contributed by atoms with Gasteiger partial charge < -0.3 is 210 Å². The fourth-order valence-corrected chi connectivity index (χ4v) is 13.1. The third-order valence-electron chi connectivity index (χ3n) is 18.8. The maximum Gasteiger partial charge on any atom is 0.364 e. The van der Waals surface area contributed by atoms with E-state index in [-0.39, 0.29) is 0 Å². The van der Waals surface area contributed by atoms with Crippen LogP contribution in [-0.4, -0.2) is 444 Å². The number of carbonyl (C=O) groups is 4. The third kappa shape index (κ3) is 18.6. The molecule has 46 nitrogen and oxygen atoms in total. The lowest BCUT2D eigenvalue weighted by atomic mass is 9.88. The first kappa shape index (κ1) is 85.0. The number of hydrogen-bond acceptors (Lipinski definition) is 42. The van der Waals surface area contributed by atoms with Crippen molar-refractivity contribution in [1.29, 1.82) is 0 Å². The number of ether oxygens (including phenoxy) is 15. The molecular weight excluding hydrogens is 1410 g/mol. The van der Waals surface area contributed by atoms with E-state index in [1.807, 2.05) is 0 Å². The van der Waals surface area contributed by atoms with Gasteiger partial charge in [-0.25, -0.2) is 4.79 Å². The minimum Gasteiger partial charge on any atom is -0.477 e. The highest BCUT2D eigenvalue weighted by atomic mass is 16.8. The molecule has 8 aliphatic rings. The highest BCUT2D eigenvalue weighted by Gasteiger charge is 2.61. The summed E-state index contributed by atoms with van der Waals surface area (Å²) in [6.07, 6.45) is -77.2. The molecule has 8 fully saturated rings. The molecule has 8 heterocycles. The zero-order valence-corrected chi connectivity index (χ0v) is 55.2. The Morgan fingerprint density at radius 1 is 0.417 bits per heavy atom. The molecule has 8 rings (SSSR count). The first-order valence-corrected chi connectivity index (χ1v) is 32.6. The second-order valence-corrected chi connectivity index (χ2v) is 26.1. The Bertz CT molecular complexity index is 2730. The molecule has 0 aromatic rings. The predicted octanol–water partition coefficient (Wildman–Crippen LogP) is -17.8. The monoisotopic (exact) mass is 1510 g/mol. The van der Waals surface area contributed by atoms with Crippen LogP contribution in [0, 0.1) is 0 Å². The Kier molecular flexibility index (Phi) is 29.9. The van der Waals surface area contributed by atoms with Crippen LogP contribution < -0.4 is 16.0 Å². The summed E-state index contributed by atoms with van der Waals surface area (Å²) in [5.41, 5.74) is 0. The third-order valence-corrected chi connectivity index (χ3v) is 18.8. The highest BCUT2D eigenvalue weighted by molar-refractivity contribution is 5.77. The maximum atomic E-state index is 13.2. The first-order valence-electron chi connectivity index (χ1n) is 32.6. The molecule has 0 spiro atoms. The van der Waals surface area contributed by atoms with E-state index in [1.165, 1.54) is 6.92 Å². The van der Waals surface area contributed by atoms with Crippen molar-refractivity contribution in [2.24, 2.45) is 0 Å². The molecule has 0 aromatic heterocycles. The van der Waals surface area contributed by atoms with Crippen LogP contribution in [0.15, 0.2) is 0 Å². The molecule has 0 unspecified atom stereocenters. The van der Waals surface area contributed by atoms with Crippen molar-refractivity contribution in [2.75, 3.05) is 46.2 Å². The molecule has 8 aliphatic heterocycles. The Balaban J connectivity index is 1.05. The Hall–Kier alpha value is -3.64.